The molecular formula is C22H40ClP. The molecule has 0 bridgehead atoms. The molecule has 0 aromatic heterocycles. The second-order valence-corrected chi connectivity index (χ2v) is 15.9. The third-order valence-corrected chi connectivity index (χ3v) is 12.7. The normalized spacial score (nSPS) is 13.6. The topological polar surface area (TPSA) is 0 Å². The molecule has 0 N–H and O–H groups in total. The van der Waals surface area contributed by atoms with E-state index in [1.807, 2.05) is 0 Å². The van der Waals surface area contributed by atoms with Gasteiger partial charge in [0.15, 0.2) is 0 Å². The van der Waals surface area contributed by atoms with E-state index in [9.17, 15) is 0 Å². The third-order valence-electron chi connectivity index (χ3n) is 5.38. The molecule has 0 aliphatic rings. The molecule has 0 aliphatic heterocycles. The summed E-state index contributed by atoms with van der Waals surface area (Å²) < 4.78 is 0. The zero-order valence-corrected chi connectivity index (χ0v) is 18.1. The predicted octanol–water partition coefficient (Wildman–Crippen LogP) is 8.46. The third kappa shape index (κ3) is 7.88. The Hall–Kier alpha value is -0.0600. The molecule has 24 heavy (non-hydrogen) atoms. The Morgan fingerprint density at radius 1 is 0.667 bits per heavy atom. The van der Waals surface area contributed by atoms with E-state index in [2.05, 4.69) is 51.1 Å². The monoisotopic (exact) mass is 370 g/mol. The number of hydrogen-bond donors (Lipinski definition) is 0. The van der Waals surface area contributed by atoms with Crippen molar-refractivity contribution in [2.75, 3.05) is 18.5 Å². The van der Waals surface area contributed by atoms with Crippen molar-refractivity contribution in [3.8, 4) is 0 Å². The molecule has 1 aromatic carbocycles. The Bertz CT molecular complexity index is 400. The summed E-state index contributed by atoms with van der Waals surface area (Å²) in [5, 5.41) is 0. The van der Waals surface area contributed by atoms with Gasteiger partial charge in [0.25, 0.3) is 0 Å². The van der Waals surface area contributed by atoms with Crippen molar-refractivity contribution in [2.45, 2.75) is 84.7 Å². The number of benzene rings is 1. The van der Waals surface area contributed by atoms with Gasteiger partial charge in [-0.15, -0.1) is 0 Å². The van der Waals surface area contributed by atoms with Gasteiger partial charge in [-0.3, -0.25) is 0 Å². The molecule has 0 saturated heterocycles. The van der Waals surface area contributed by atoms with Crippen molar-refractivity contribution in [3.63, 3.8) is 0 Å². The molecule has 2 heteroatoms. The first-order chi connectivity index (χ1) is 11.6. The van der Waals surface area contributed by atoms with Crippen LogP contribution in [0.4, 0.5) is 0 Å². The summed E-state index contributed by atoms with van der Waals surface area (Å²) in [6.07, 6.45) is 16.9. The van der Waals surface area contributed by atoms with E-state index in [4.69, 9.17) is 11.2 Å². The van der Waals surface area contributed by atoms with E-state index in [0.717, 1.165) is 6.16 Å². The summed E-state index contributed by atoms with van der Waals surface area (Å²) in [4.78, 5) is 0. The van der Waals surface area contributed by atoms with Crippen LogP contribution in [-0.4, -0.2) is 18.5 Å². The van der Waals surface area contributed by atoms with Gasteiger partial charge in [-0.05, 0) is 0 Å². The van der Waals surface area contributed by atoms with Gasteiger partial charge in [0.1, 0.15) is 0 Å². The number of unbranched alkanes of at least 4 members (excludes halogenated alkanes) is 6. The minimum atomic E-state index is -2.17. The summed E-state index contributed by atoms with van der Waals surface area (Å²) in [5.74, 6) is -2.17. The minimum absolute atomic E-state index is 1.16. The molecule has 0 spiro atoms. The average Bonchev–Trinajstić information content (AvgIpc) is 2.57. The van der Waals surface area contributed by atoms with Crippen molar-refractivity contribution < 1.29 is 0 Å². The van der Waals surface area contributed by atoms with E-state index in [1.165, 1.54) is 81.8 Å². The standard InChI is InChI=1S/C22H40ClP/c1-4-7-13-18-24(23,19-14-8-5-2,20-15-9-6-3)21-22-16-11-10-12-17-22/h10-12,16-17H,4-9,13-15,18-21H2,1-3H3. The van der Waals surface area contributed by atoms with Crippen LogP contribution in [0, 0.1) is 0 Å². The Morgan fingerprint density at radius 3 is 1.46 bits per heavy atom. The molecule has 0 atom stereocenters. The van der Waals surface area contributed by atoms with Gasteiger partial charge in [-0.2, -0.15) is 0 Å². The SMILES string of the molecule is CCCCCP(Cl)(CCCCC)(CCCCC)Cc1ccccc1. The van der Waals surface area contributed by atoms with Gasteiger partial charge in [0.05, 0.1) is 0 Å². The van der Waals surface area contributed by atoms with Crippen LogP contribution in [0.5, 0.6) is 0 Å². The molecule has 140 valence electrons. The summed E-state index contributed by atoms with van der Waals surface area (Å²) in [6, 6.07) is 11.1. The van der Waals surface area contributed by atoms with Crippen LogP contribution < -0.4 is 0 Å². The number of rotatable bonds is 14. The Kier molecular flexibility index (Phi) is 10.6. The van der Waals surface area contributed by atoms with E-state index >= 15 is 0 Å². The number of hydrogen-bond acceptors (Lipinski definition) is 0. The second-order valence-electron chi connectivity index (χ2n) is 7.76. The van der Waals surface area contributed by atoms with Gasteiger partial charge < -0.3 is 0 Å². The maximum atomic E-state index is 7.77. The first kappa shape index (κ1) is 22.0. The molecule has 0 heterocycles. The van der Waals surface area contributed by atoms with E-state index in [-0.39, 0.29) is 0 Å². The fourth-order valence-corrected chi connectivity index (χ4v) is 10.7. The molecule has 1 aromatic rings. The maximum absolute atomic E-state index is 7.77. The molecule has 0 nitrogen and oxygen atoms in total. The van der Waals surface area contributed by atoms with Crippen molar-refractivity contribution in [3.05, 3.63) is 35.9 Å². The number of halogens is 1. The molecule has 0 amide bonds. The van der Waals surface area contributed by atoms with Gasteiger partial charge in [0, 0.05) is 0 Å². The van der Waals surface area contributed by atoms with E-state index < -0.39 is 5.96 Å². The van der Waals surface area contributed by atoms with Crippen molar-refractivity contribution >= 4 is 17.2 Å². The predicted molar refractivity (Wildman–Crippen MR) is 116 cm³/mol. The zero-order valence-electron chi connectivity index (χ0n) is 16.4. The van der Waals surface area contributed by atoms with Crippen LogP contribution in [0.1, 0.15) is 84.1 Å². The fraction of sp³-hybridized carbons (Fsp3) is 0.727. The van der Waals surface area contributed by atoms with Crippen LogP contribution >= 0.6 is 17.2 Å². The quantitative estimate of drug-likeness (QED) is 0.227. The Labute approximate surface area is 156 Å². The van der Waals surface area contributed by atoms with Gasteiger partial charge in [-0.1, -0.05) is 0 Å². The molecule has 0 saturated carbocycles. The molecule has 0 fully saturated rings. The van der Waals surface area contributed by atoms with Crippen molar-refractivity contribution in [2.24, 2.45) is 0 Å². The summed E-state index contributed by atoms with van der Waals surface area (Å²) in [5.41, 5.74) is 1.47. The molecule has 0 aliphatic carbocycles. The van der Waals surface area contributed by atoms with E-state index in [1.54, 1.807) is 0 Å². The van der Waals surface area contributed by atoms with Gasteiger partial charge in [0.2, 0.25) is 0 Å². The first-order valence-electron chi connectivity index (χ1n) is 10.3. The molecule has 0 unspecified atom stereocenters. The molecular weight excluding hydrogens is 331 g/mol. The zero-order chi connectivity index (χ0) is 17.8. The summed E-state index contributed by atoms with van der Waals surface area (Å²) >= 11 is 7.77. The van der Waals surface area contributed by atoms with Crippen LogP contribution in [0.15, 0.2) is 30.3 Å². The van der Waals surface area contributed by atoms with Crippen LogP contribution in [0.2, 0.25) is 0 Å². The molecule has 1 rings (SSSR count). The summed E-state index contributed by atoms with van der Waals surface area (Å²) in [6.45, 7) is 6.90. The molecule has 0 radical (unpaired) electrons. The van der Waals surface area contributed by atoms with Crippen LogP contribution in [0.25, 0.3) is 0 Å². The van der Waals surface area contributed by atoms with Crippen LogP contribution in [-0.2, 0) is 6.16 Å². The van der Waals surface area contributed by atoms with Gasteiger partial charge in [-0.25, -0.2) is 0 Å². The first-order valence-corrected chi connectivity index (χ1v) is 14.2. The van der Waals surface area contributed by atoms with Crippen molar-refractivity contribution in [1.82, 2.24) is 0 Å². The fourth-order valence-electron chi connectivity index (χ4n) is 3.88. The van der Waals surface area contributed by atoms with Gasteiger partial charge >= 0.3 is 156 Å². The van der Waals surface area contributed by atoms with Crippen LogP contribution in [0.3, 0.4) is 0 Å². The second kappa shape index (κ2) is 11.5. The van der Waals surface area contributed by atoms with E-state index in [0.29, 0.717) is 0 Å². The average molecular weight is 371 g/mol. The summed E-state index contributed by atoms with van der Waals surface area (Å²) in [7, 11) is 0. The Morgan fingerprint density at radius 2 is 1.08 bits per heavy atom. The van der Waals surface area contributed by atoms with Crippen molar-refractivity contribution in [1.29, 1.82) is 0 Å². The Balaban J connectivity index is 2.98.